The maximum absolute atomic E-state index is 12.4. The number of aryl methyl sites for hydroxylation is 1. The zero-order chi connectivity index (χ0) is 21.1. The smallest absolute Gasteiger partial charge is 0.363 e. The van der Waals surface area contributed by atoms with Crippen molar-refractivity contribution in [2.24, 2.45) is 4.99 Å². The van der Waals surface area contributed by atoms with Crippen LogP contribution in [0.1, 0.15) is 27.2 Å². The molecule has 7 heteroatoms. The summed E-state index contributed by atoms with van der Waals surface area (Å²) in [6.07, 6.45) is 3.02. The van der Waals surface area contributed by atoms with Crippen molar-refractivity contribution in [3.05, 3.63) is 89.0 Å². The van der Waals surface area contributed by atoms with Crippen molar-refractivity contribution in [1.82, 2.24) is 0 Å². The lowest BCUT2D eigenvalue weighted by atomic mass is 10.1. The van der Waals surface area contributed by atoms with Gasteiger partial charge in [0, 0.05) is 0 Å². The summed E-state index contributed by atoms with van der Waals surface area (Å²) in [6.45, 7) is 1.90. The Balaban J connectivity index is 1.57. The van der Waals surface area contributed by atoms with E-state index in [-0.39, 0.29) is 17.3 Å². The van der Waals surface area contributed by atoms with Crippen LogP contribution in [0.25, 0.3) is 6.08 Å². The molecule has 0 aliphatic carbocycles. The van der Waals surface area contributed by atoms with E-state index in [1.54, 1.807) is 54.6 Å². The lowest BCUT2D eigenvalue weighted by Crippen LogP contribution is -2.09. The molecule has 150 valence electrons. The van der Waals surface area contributed by atoms with Crippen LogP contribution in [-0.4, -0.2) is 24.9 Å². The van der Waals surface area contributed by atoms with E-state index in [1.807, 2.05) is 13.0 Å². The van der Waals surface area contributed by atoms with Gasteiger partial charge in [-0.05, 0) is 55.0 Å². The summed E-state index contributed by atoms with van der Waals surface area (Å²) in [5, 5.41) is 0. The maximum atomic E-state index is 12.4. The van der Waals surface area contributed by atoms with Crippen LogP contribution in [0.15, 0.2) is 76.0 Å². The van der Waals surface area contributed by atoms with E-state index in [0.29, 0.717) is 22.6 Å². The minimum absolute atomic E-state index is 0.104. The predicted octanol–water partition coefficient (Wildman–Crippen LogP) is 4.16. The summed E-state index contributed by atoms with van der Waals surface area (Å²) < 4.78 is 21.1. The van der Waals surface area contributed by atoms with Crippen molar-refractivity contribution in [3.8, 4) is 11.5 Å². The molecule has 0 amide bonds. The number of carbonyl (C=O) groups is 2. The fourth-order valence-corrected chi connectivity index (χ4v) is 2.86. The van der Waals surface area contributed by atoms with Gasteiger partial charge in [-0.2, -0.15) is 0 Å². The quantitative estimate of drug-likeness (QED) is 0.361. The minimum Gasteiger partial charge on any atom is -0.493 e. The monoisotopic (exact) mass is 403 g/mol. The molecule has 0 N–H and O–H groups in total. The Bertz CT molecular complexity index is 1170. The van der Waals surface area contributed by atoms with Crippen LogP contribution < -0.4 is 9.47 Å². The van der Waals surface area contributed by atoms with Crippen LogP contribution in [0.4, 0.5) is 0 Å². The summed E-state index contributed by atoms with van der Waals surface area (Å²) in [5.74, 6) is -0.00738. The molecule has 1 aliphatic rings. The SMILES string of the molecule is COc1cc(/C=C2\N=C(c3ccco3)OC2=O)ccc1OC(=O)c1cccc(C)c1. The first kappa shape index (κ1) is 19.2. The second kappa shape index (κ2) is 8.08. The topological polar surface area (TPSA) is 87.3 Å². The maximum Gasteiger partial charge on any atom is 0.363 e. The first-order chi connectivity index (χ1) is 14.5. The van der Waals surface area contributed by atoms with Crippen LogP contribution in [0.3, 0.4) is 0 Å². The summed E-state index contributed by atoms with van der Waals surface area (Å²) in [7, 11) is 1.47. The number of hydrogen-bond acceptors (Lipinski definition) is 7. The third-order valence-electron chi connectivity index (χ3n) is 4.30. The Morgan fingerprint density at radius 1 is 1.07 bits per heavy atom. The Kier molecular flexibility index (Phi) is 5.17. The lowest BCUT2D eigenvalue weighted by Gasteiger charge is -2.10. The zero-order valence-corrected chi connectivity index (χ0v) is 16.2. The summed E-state index contributed by atoms with van der Waals surface area (Å²) in [4.78, 5) is 28.7. The van der Waals surface area contributed by atoms with Crippen LogP contribution in [0.2, 0.25) is 0 Å². The first-order valence-corrected chi connectivity index (χ1v) is 9.07. The molecule has 30 heavy (non-hydrogen) atoms. The fourth-order valence-electron chi connectivity index (χ4n) is 2.86. The predicted molar refractivity (Wildman–Crippen MR) is 108 cm³/mol. The van der Waals surface area contributed by atoms with E-state index in [4.69, 9.17) is 18.6 Å². The molecule has 0 bridgehead atoms. The molecule has 7 nitrogen and oxygen atoms in total. The van der Waals surface area contributed by atoms with E-state index in [2.05, 4.69) is 4.99 Å². The van der Waals surface area contributed by atoms with Crippen molar-refractivity contribution in [1.29, 1.82) is 0 Å². The molecule has 0 unspecified atom stereocenters. The molecule has 2 aromatic carbocycles. The molecule has 0 fully saturated rings. The highest BCUT2D eigenvalue weighted by Gasteiger charge is 2.26. The molecule has 1 aromatic heterocycles. The van der Waals surface area contributed by atoms with Gasteiger partial charge in [-0.25, -0.2) is 14.6 Å². The molecule has 0 spiro atoms. The van der Waals surface area contributed by atoms with Crippen LogP contribution in [0, 0.1) is 6.92 Å². The highest BCUT2D eigenvalue weighted by Crippen LogP contribution is 2.30. The number of hydrogen-bond donors (Lipinski definition) is 0. The van der Waals surface area contributed by atoms with E-state index < -0.39 is 11.9 Å². The number of benzene rings is 2. The Labute approximate surface area is 172 Å². The average Bonchev–Trinajstić information content (AvgIpc) is 3.39. The summed E-state index contributed by atoms with van der Waals surface area (Å²) in [5.41, 5.74) is 2.14. The standard InChI is InChI=1S/C23H17NO6/c1-14-5-3-6-16(11-14)22(25)29-18-9-8-15(13-20(18)27-2)12-17-23(26)30-21(24-17)19-7-4-10-28-19/h3-13H,1-2H3/b17-12-. The number of ether oxygens (including phenoxy) is 3. The molecule has 0 radical (unpaired) electrons. The number of nitrogens with zero attached hydrogens (tertiary/aromatic N) is 1. The second-order valence-electron chi connectivity index (χ2n) is 6.48. The molecule has 0 atom stereocenters. The van der Waals surface area contributed by atoms with Crippen molar-refractivity contribution >= 4 is 23.9 Å². The third kappa shape index (κ3) is 4.00. The van der Waals surface area contributed by atoms with Gasteiger partial charge in [0.2, 0.25) is 0 Å². The van der Waals surface area contributed by atoms with Crippen molar-refractivity contribution in [3.63, 3.8) is 0 Å². The van der Waals surface area contributed by atoms with E-state index in [9.17, 15) is 9.59 Å². The lowest BCUT2D eigenvalue weighted by molar-refractivity contribution is -0.130. The summed E-state index contributed by atoms with van der Waals surface area (Å²) >= 11 is 0. The Morgan fingerprint density at radius 2 is 1.93 bits per heavy atom. The first-order valence-electron chi connectivity index (χ1n) is 9.07. The molecule has 2 heterocycles. The van der Waals surface area contributed by atoms with Crippen molar-refractivity contribution < 1.29 is 28.2 Å². The molecule has 3 aromatic rings. The number of furan rings is 1. The second-order valence-corrected chi connectivity index (χ2v) is 6.48. The van der Waals surface area contributed by atoms with Crippen LogP contribution in [-0.2, 0) is 9.53 Å². The van der Waals surface area contributed by atoms with Crippen LogP contribution >= 0.6 is 0 Å². The molecule has 4 rings (SSSR count). The van der Waals surface area contributed by atoms with Gasteiger partial charge in [0.05, 0.1) is 18.9 Å². The largest absolute Gasteiger partial charge is 0.493 e. The highest BCUT2D eigenvalue weighted by atomic mass is 16.6. The third-order valence-corrected chi connectivity index (χ3v) is 4.30. The van der Waals surface area contributed by atoms with Gasteiger partial charge in [-0.3, -0.25) is 0 Å². The molecular weight excluding hydrogens is 386 g/mol. The Hall–Kier alpha value is -4.13. The van der Waals surface area contributed by atoms with Gasteiger partial charge in [-0.1, -0.05) is 23.8 Å². The van der Waals surface area contributed by atoms with E-state index in [0.717, 1.165) is 5.56 Å². The van der Waals surface area contributed by atoms with Gasteiger partial charge < -0.3 is 18.6 Å². The van der Waals surface area contributed by atoms with Gasteiger partial charge in [0.15, 0.2) is 23.0 Å². The van der Waals surface area contributed by atoms with Crippen molar-refractivity contribution in [2.75, 3.05) is 7.11 Å². The highest BCUT2D eigenvalue weighted by molar-refractivity contribution is 6.11. The minimum atomic E-state index is -0.588. The summed E-state index contributed by atoms with van der Waals surface area (Å²) in [6, 6.07) is 15.3. The number of aliphatic imine (C=N–C) groups is 1. The number of esters is 2. The van der Waals surface area contributed by atoms with E-state index >= 15 is 0 Å². The molecular formula is C23H17NO6. The number of methoxy groups -OCH3 is 1. The van der Waals surface area contributed by atoms with Gasteiger partial charge in [0.25, 0.3) is 5.90 Å². The van der Waals surface area contributed by atoms with Crippen LogP contribution in [0.5, 0.6) is 11.5 Å². The molecule has 0 saturated carbocycles. The fraction of sp³-hybridized carbons (Fsp3) is 0.0870. The van der Waals surface area contributed by atoms with Gasteiger partial charge in [0.1, 0.15) is 0 Å². The Morgan fingerprint density at radius 3 is 2.67 bits per heavy atom. The van der Waals surface area contributed by atoms with Crippen molar-refractivity contribution in [2.45, 2.75) is 6.92 Å². The number of carbonyl (C=O) groups excluding carboxylic acids is 2. The normalized spacial score (nSPS) is 14.4. The molecule has 0 saturated heterocycles. The molecule has 1 aliphatic heterocycles. The number of rotatable bonds is 5. The average molecular weight is 403 g/mol. The van der Waals surface area contributed by atoms with Gasteiger partial charge in [-0.15, -0.1) is 0 Å². The number of cyclic esters (lactones) is 1. The zero-order valence-electron chi connectivity index (χ0n) is 16.2. The van der Waals surface area contributed by atoms with E-state index in [1.165, 1.54) is 13.4 Å². The van der Waals surface area contributed by atoms with Gasteiger partial charge >= 0.3 is 11.9 Å².